The Balaban J connectivity index is 1.71. The Kier molecular flexibility index (Phi) is 5.16. The molecule has 2 aromatic carbocycles. The van der Waals surface area contributed by atoms with Crippen LogP contribution in [0.2, 0.25) is 5.02 Å². The topological polar surface area (TPSA) is 63.2 Å². The van der Waals surface area contributed by atoms with Crippen LogP contribution in [0.3, 0.4) is 0 Å². The predicted molar refractivity (Wildman–Crippen MR) is 99.9 cm³/mol. The molecule has 1 heterocycles. The normalized spacial score (nSPS) is 10.2. The zero-order chi connectivity index (χ0) is 17.6. The van der Waals surface area contributed by atoms with Gasteiger partial charge < -0.3 is 15.4 Å². The third kappa shape index (κ3) is 4.49. The van der Waals surface area contributed by atoms with E-state index >= 15 is 0 Å². The first-order valence-corrected chi connectivity index (χ1v) is 7.95. The molecule has 2 N–H and O–H groups in total. The average Bonchev–Trinajstić information content (AvgIpc) is 2.64. The average molecular weight is 354 g/mol. The molecule has 0 spiro atoms. The summed E-state index contributed by atoms with van der Waals surface area (Å²) in [6.45, 7) is 0. The lowest BCUT2D eigenvalue weighted by Crippen LogP contribution is -2.12. The van der Waals surface area contributed by atoms with Crippen molar-refractivity contribution in [3.05, 3.63) is 77.6 Å². The second-order valence-corrected chi connectivity index (χ2v) is 5.71. The van der Waals surface area contributed by atoms with E-state index in [1.54, 1.807) is 43.6 Å². The van der Waals surface area contributed by atoms with E-state index in [9.17, 15) is 4.79 Å². The summed E-state index contributed by atoms with van der Waals surface area (Å²) in [6, 6.07) is 16.1. The van der Waals surface area contributed by atoms with E-state index in [4.69, 9.17) is 16.3 Å². The fourth-order valence-electron chi connectivity index (χ4n) is 2.21. The summed E-state index contributed by atoms with van der Waals surface area (Å²) >= 11 is 5.84. The number of methoxy groups -OCH3 is 1. The summed E-state index contributed by atoms with van der Waals surface area (Å²) in [5.41, 5.74) is 2.71. The molecule has 0 fully saturated rings. The first-order valence-electron chi connectivity index (χ1n) is 7.57. The van der Waals surface area contributed by atoms with Crippen LogP contribution in [0.25, 0.3) is 0 Å². The molecule has 0 radical (unpaired) electrons. The Morgan fingerprint density at radius 3 is 2.32 bits per heavy atom. The molecular weight excluding hydrogens is 338 g/mol. The fourth-order valence-corrected chi connectivity index (χ4v) is 2.34. The van der Waals surface area contributed by atoms with Gasteiger partial charge in [0, 0.05) is 22.6 Å². The Morgan fingerprint density at radius 2 is 1.64 bits per heavy atom. The molecule has 3 aromatic rings. The van der Waals surface area contributed by atoms with E-state index in [-0.39, 0.29) is 5.91 Å². The molecule has 126 valence electrons. The fraction of sp³-hybridized carbons (Fsp3) is 0.0526. The highest BCUT2D eigenvalue weighted by molar-refractivity contribution is 6.30. The van der Waals surface area contributed by atoms with Gasteiger partial charge in [-0.2, -0.15) is 0 Å². The van der Waals surface area contributed by atoms with Gasteiger partial charge in [-0.15, -0.1) is 0 Å². The second-order valence-electron chi connectivity index (χ2n) is 5.28. The van der Waals surface area contributed by atoms with Crippen molar-refractivity contribution in [3.8, 4) is 5.75 Å². The molecule has 0 aliphatic rings. The van der Waals surface area contributed by atoms with Crippen LogP contribution < -0.4 is 15.4 Å². The maximum atomic E-state index is 12.4. The number of ether oxygens (including phenoxy) is 1. The highest BCUT2D eigenvalue weighted by Gasteiger charge is 2.08. The van der Waals surface area contributed by atoms with Crippen molar-refractivity contribution in [2.75, 3.05) is 17.7 Å². The van der Waals surface area contributed by atoms with Crippen LogP contribution in [0.1, 0.15) is 10.4 Å². The monoisotopic (exact) mass is 353 g/mol. The second kappa shape index (κ2) is 7.68. The number of benzene rings is 2. The minimum atomic E-state index is -0.242. The number of rotatable bonds is 5. The van der Waals surface area contributed by atoms with Gasteiger partial charge in [0.05, 0.1) is 24.6 Å². The van der Waals surface area contributed by atoms with Crippen LogP contribution in [0, 0.1) is 0 Å². The Morgan fingerprint density at radius 1 is 0.960 bits per heavy atom. The SMILES string of the molecule is COc1ccc(Nc2cncc(C(=O)Nc3ccc(Cl)cc3)c2)cc1. The lowest BCUT2D eigenvalue weighted by Gasteiger charge is -2.09. The molecular formula is C19H16ClN3O2. The first kappa shape index (κ1) is 16.8. The molecule has 0 saturated carbocycles. The van der Waals surface area contributed by atoms with E-state index in [1.807, 2.05) is 24.3 Å². The molecule has 0 aliphatic carbocycles. The number of carbonyl (C=O) groups excluding carboxylic acids is 1. The molecule has 25 heavy (non-hydrogen) atoms. The summed E-state index contributed by atoms with van der Waals surface area (Å²) in [7, 11) is 1.62. The highest BCUT2D eigenvalue weighted by atomic mass is 35.5. The van der Waals surface area contributed by atoms with Gasteiger partial charge in [0.25, 0.3) is 5.91 Å². The van der Waals surface area contributed by atoms with Gasteiger partial charge in [0.15, 0.2) is 0 Å². The van der Waals surface area contributed by atoms with Gasteiger partial charge in [-0.1, -0.05) is 11.6 Å². The molecule has 1 amide bonds. The van der Waals surface area contributed by atoms with Gasteiger partial charge in [-0.25, -0.2) is 0 Å². The summed E-state index contributed by atoms with van der Waals surface area (Å²) in [5, 5.41) is 6.63. The minimum absolute atomic E-state index is 0.242. The van der Waals surface area contributed by atoms with Crippen molar-refractivity contribution in [2.24, 2.45) is 0 Å². The molecule has 1 aromatic heterocycles. The first-order chi connectivity index (χ1) is 12.1. The van der Waals surface area contributed by atoms with Crippen LogP contribution in [-0.2, 0) is 0 Å². The van der Waals surface area contributed by atoms with Crippen LogP contribution >= 0.6 is 11.6 Å². The smallest absolute Gasteiger partial charge is 0.257 e. The van der Waals surface area contributed by atoms with Crippen LogP contribution in [0.15, 0.2) is 67.0 Å². The lowest BCUT2D eigenvalue weighted by molar-refractivity contribution is 0.102. The predicted octanol–water partition coefficient (Wildman–Crippen LogP) is 4.74. The van der Waals surface area contributed by atoms with Crippen molar-refractivity contribution in [1.29, 1.82) is 0 Å². The van der Waals surface area contributed by atoms with Gasteiger partial charge >= 0.3 is 0 Å². The lowest BCUT2D eigenvalue weighted by atomic mass is 10.2. The Labute approximate surface area is 150 Å². The number of pyridine rings is 1. The maximum absolute atomic E-state index is 12.4. The summed E-state index contributed by atoms with van der Waals surface area (Å²) in [5.74, 6) is 0.535. The zero-order valence-corrected chi connectivity index (χ0v) is 14.2. The van der Waals surface area contributed by atoms with Crippen molar-refractivity contribution >= 4 is 34.6 Å². The van der Waals surface area contributed by atoms with E-state index < -0.39 is 0 Å². The van der Waals surface area contributed by atoms with Crippen LogP contribution in [0.5, 0.6) is 5.75 Å². The zero-order valence-electron chi connectivity index (χ0n) is 13.5. The molecule has 5 nitrogen and oxygen atoms in total. The van der Waals surface area contributed by atoms with Crippen LogP contribution in [-0.4, -0.2) is 18.0 Å². The molecule has 0 aliphatic heterocycles. The minimum Gasteiger partial charge on any atom is -0.497 e. The number of anilines is 3. The summed E-state index contributed by atoms with van der Waals surface area (Å²) in [6.07, 6.45) is 3.17. The maximum Gasteiger partial charge on any atom is 0.257 e. The molecule has 6 heteroatoms. The van der Waals surface area contributed by atoms with Crippen LogP contribution in [0.4, 0.5) is 17.1 Å². The van der Waals surface area contributed by atoms with Crippen molar-refractivity contribution in [1.82, 2.24) is 4.98 Å². The van der Waals surface area contributed by atoms with Gasteiger partial charge in [-0.3, -0.25) is 9.78 Å². The highest BCUT2D eigenvalue weighted by Crippen LogP contribution is 2.20. The number of carbonyl (C=O) groups is 1. The van der Waals surface area contributed by atoms with Crippen molar-refractivity contribution < 1.29 is 9.53 Å². The molecule has 0 unspecified atom stereocenters. The number of nitrogens with one attached hydrogen (secondary N) is 2. The van der Waals surface area contributed by atoms with E-state index in [1.165, 1.54) is 6.20 Å². The molecule has 0 atom stereocenters. The Bertz CT molecular complexity index is 865. The number of nitrogens with zero attached hydrogens (tertiary/aromatic N) is 1. The number of aromatic nitrogens is 1. The third-order valence-corrected chi connectivity index (χ3v) is 3.73. The molecule has 0 bridgehead atoms. The van der Waals surface area contributed by atoms with E-state index in [2.05, 4.69) is 15.6 Å². The molecule has 3 rings (SSSR count). The van der Waals surface area contributed by atoms with Gasteiger partial charge in [0.2, 0.25) is 0 Å². The summed E-state index contributed by atoms with van der Waals surface area (Å²) in [4.78, 5) is 16.5. The standard InChI is InChI=1S/C19H16ClN3O2/c1-25-18-8-6-15(7-9-18)22-17-10-13(11-21-12-17)19(24)23-16-4-2-14(20)3-5-16/h2-12,22H,1H3,(H,23,24). The number of hydrogen-bond acceptors (Lipinski definition) is 4. The number of halogens is 1. The van der Waals surface area contributed by atoms with Gasteiger partial charge in [0.1, 0.15) is 5.75 Å². The van der Waals surface area contributed by atoms with E-state index in [0.29, 0.717) is 22.0 Å². The quantitative estimate of drug-likeness (QED) is 0.695. The number of amides is 1. The third-order valence-electron chi connectivity index (χ3n) is 3.48. The van der Waals surface area contributed by atoms with Crippen molar-refractivity contribution in [2.45, 2.75) is 0 Å². The van der Waals surface area contributed by atoms with Crippen molar-refractivity contribution in [3.63, 3.8) is 0 Å². The van der Waals surface area contributed by atoms with E-state index in [0.717, 1.165) is 11.4 Å². The summed E-state index contributed by atoms with van der Waals surface area (Å²) < 4.78 is 5.13. The molecule has 0 saturated heterocycles. The van der Waals surface area contributed by atoms with Gasteiger partial charge in [-0.05, 0) is 54.6 Å². The largest absolute Gasteiger partial charge is 0.497 e. The Hall–Kier alpha value is -3.05. The number of hydrogen-bond donors (Lipinski definition) is 2.